The Hall–Kier alpha value is -1.94. The van der Waals surface area contributed by atoms with Crippen molar-refractivity contribution in [3.05, 3.63) is 0 Å². The molecule has 0 saturated carbocycles. The Bertz CT molecular complexity index is 2010. The fourth-order valence-corrected chi connectivity index (χ4v) is 14.9. The minimum Gasteiger partial charge on any atom is -0.462 e. The van der Waals surface area contributed by atoms with Crippen molar-refractivity contribution in [2.75, 3.05) is 39.6 Å². The predicted octanol–water partition coefficient (Wildman–Crippen LogP) is 26.2. The Morgan fingerprint density at radius 1 is 0.267 bits per heavy atom. The summed E-state index contributed by atoms with van der Waals surface area (Å²) < 4.78 is 68.9. The number of aliphatic hydroxyl groups is 1. The summed E-state index contributed by atoms with van der Waals surface area (Å²) in [5.41, 5.74) is 0. The molecule has 0 aliphatic heterocycles. The van der Waals surface area contributed by atoms with Gasteiger partial charge in [0.2, 0.25) is 0 Å². The molecule has 624 valence electrons. The highest BCUT2D eigenvalue weighted by Crippen LogP contribution is 2.45. The molecule has 105 heavy (non-hydrogen) atoms. The molecule has 0 aliphatic rings. The number of rotatable bonds is 85. The molecule has 0 saturated heterocycles. The lowest BCUT2D eigenvalue weighted by Gasteiger charge is -2.21. The number of phosphoric ester groups is 2. The lowest BCUT2D eigenvalue weighted by atomic mass is 9.99. The number of carbonyl (C=O) groups excluding carboxylic acids is 4. The predicted molar refractivity (Wildman–Crippen MR) is 432 cm³/mol. The van der Waals surface area contributed by atoms with E-state index in [1.165, 1.54) is 276 Å². The largest absolute Gasteiger partial charge is 0.472 e. The Kier molecular flexibility index (Phi) is 76.0. The molecule has 0 rings (SSSR count). The summed E-state index contributed by atoms with van der Waals surface area (Å²) in [5, 5.41) is 10.7. The first kappa shape index (κ1) is 103. The zero-order valence-electron chi connectivity index (χ0n) is 69.0. The average Bonchev–Trinajstić information content (AvgIpc) is 1.02. The van der Waals surface area contributed by atoms with Crippen molar-refractivity contribution in [3.8, 4) is 0 Å². The third kappa shape index (κ3) is 77.2. The molecule has 19 heteroatoms. The normalized spacial score (nSPS) is 14.3. The fourth-order valence-electron chi connectivity index (χ4n) is 13.4. The summed E-state index contributed by atoms with van der Waals surface area (Å²) in [7, 11) is -9.93. The van der Waals surface area contributed by atoms with Crippen molar-refractivity contribution in [2.24, 2.45) is 11.8 Å². The zero-order valence-corrected chi connectivity index (χ0v) is 70.8. The Labute approximate surface area is 645 Å². The van der Waals surface area contributed by atoms with Crippen LogP contribution in [0.15, 0.2) is 0 Å². The van der Waals surface area contributed by atoms with E-state index in [0.29, 0.717) is 25.7 Å². The minimum atomic E-state index is -4.97. The molecule has 4 unspecified atom stereocenters. The number of esters is 4. The average molecular weight is 1540 g/mol. The van der Waals surface area contributed by atoms with Gasteiger partial charge in [-0.3, -0.25) is 37.3 Å². The molecular formula is C86H168O17P2. The van der Waals surface area contributed by atoms with Crippen LogP contribution in [-0.2, 0) is 65.4 Å². The summed E-state index contributed by atoms with van der Waals surface area (Å²) in [6.07, 6.45) is 69.2. The van der Waals surface area contributed by atoms with Gasteiger partial charge in [-0.25, -0.2) is 9.13 Å². The number of phosphoric acid groups is 2. The molecule has 0 aliphatic carbocycles. The summed E-state index contributed by atoms with van der Waals surface area (Å²) in [6.45, 7) is 9.79. The van der Waals surface area contributed by atoms with E-state index in [2.05, 4.69) is 41.5 Å². The monoisotopic (exact) mass is 1540 g/mol. The summed E-state index contributed by atoms with van der Waals surface area (Å²) in [4.78, 5) is 73.2. The molecule has 0 fully saturated rings. The number of unbranched alkanes of at least 4 members (excludes halogenated alkanes) is 53. The maximum atomic E-state index is 13.1. The van der Waals surface area contributed by atoms with Crippen molar-refractivity contribution < 1.29 is 80.2 Å². The molecule has 17 nitrogen and oxygen atoms in total. The van der Waals surface area contributed by atoms with Gasteiger partial charge in [0, 0.05) is 25.7 Å². The van der Waals surface area contributed by atoms with Crippen LogP contribution >= 0.6 is 15.6 Å². The summed E-state index contributed by atoms with van der Waals surface area (Å²) in [5.74, 6) is -0.380. The van der Waals surface area contributed by atoms with Crippen LogP contribution in [0.4, 0.5) is 0 Å². The van der Waals surface area contributed by atoms with Gasteiger partial charge in [0.15, 0.2) is 12.2 Å². The van der Waals surface area contributed by atoms with Crippen molar-refractivity contribution in [2.45, 2.75) is 477 Å². The van der Waals surface area contributed by atoms with Gasteiger partial charge in [0.05, 0.1) is 26.4 Å². The smallest absolute Gasteiger partial charge is 0.462 e. The number of hydrogen-bond acceptors (Lipinski definition) is 15. The van der Waals surface area contributed by atoms with Gasteiger partial charge >= 0.3 is 39.5 Å². The van der Waals surface area contributed by atoms with Crippen molar-refractivity contribution in [1.82, 2.24) is 0 Å². The highest BCUT2D eigenvalue weighted by Gasteiger charge is 2.30. The lowest BCUT2D eigenvalue weighted by Crippen LogP contribution is -2.30. The van der Waals surface area contributed by atoms with Crippen LogP contribution in [0.1, 0.15) is 459 Å². The topological polar surface area (TPSA) is 237 Å². The van der Waals surface area contributed by atoms with Crippen LogP contribution in [0.3, 0.4) is 0 Å². The van der Waals surface area contributed by atoms with Gasteiger partial charge in [-0.15, -0.1) is 0 Å². The SMILES string of the molecule is CCCCCCCCCCCCCCCCCC(=O)O[C@H](COC(=O)CCCCCCCCCCCC)COP(=O)(O)OC[C@H](O)COP(=O)(O)OC[C@@H](COC(=O)CCCCCCCCCCCCCCCCC(C)CC)OC(=O)CCCCCCCCCCCCCCCCCCCCC(C)CC. The second-order valence-corrected chi connectivity index (χ2v) is 34.3. The zero-order chi connectivity index (χ0) is 77.1. The van der Waals surface area contributed by atoms with Crippen LogP contribution in [0.2, 0.25) is 0 Å². The first-order valence-electron chi connectivity index (χ1n) is 44.6. The van der Waals surface area contributed by atoms with Gasteiger partial charge in [-0.05, 0) is 37.5 Å². The van der Waals surface area contributed by atoms with Gasteiger partial charge in [-0.1, -0.05) is 408 Å². The molecule has 0 heterocycles. The molecule has 0 amide bonds. The van der Waals surface area contributed by atoms with E-state index in [1.54, 1.807) is 0 Å². The van der Waals surface area contributed by atoms with E-state index < -0.39 is 97.5 Å². The Morgan fingerprint density at radius 2 is 0.457 bits per heavy atom. The molecule has 7 atom stereocenters. The first-order chi connectivity index (χ1) is 50.9. The van der Waals surface area contributed by atoms with Crippen LogP contribution in [0.25, 0.3) is 0 Å². The van der Waals surface area contributed by atoms with E-state index in [9.17, 15) is 43.2 Å². The second-order valence-electron chi connectivity index (χ2n) is 31.4. The van der Waals surface area contributed by atoms with Crippen LogP contribution in [0.5, 0.6) is 0 Å². The molecule has 0 spiro atoms. The molecular weight excluding hydrogens is 1370 g/mol. The molecule has 0 aromatic heterocycles. The highest BCUT2D eigenvalue weighted by atomic mass is 31.2. The van der Waals surface area contributed by atoms with Gasteiger partial charge in [0.25, 0.3) is 0 Å². The number of ether oxygens (including phenoxy) is 4. The third-order valence-electron chi connectivity index (χ3n) is 20.9. The standard InChI is InChI=1S/C86H168O17P2/c1-7-11-13-15-17-19-21-22-27-35-40-46-52-58-64-70-85(90)102-81(74-96-83(88)68-62-56-50-44-20-18-16-14-12-8-2)76-100-104(92,93)98-72-80(87)73-99-105(94,95)101-77-82(75-97-84(89)69-63-57-51-45-39-34-31-30-33-38-43-49-55-61-67-79(6)10-4)103-86(91)71-65-59-53-47-41-36-29-26-24-23-25-28-32-37-42-48-54-60-66-78(5)9-3/h78-82,87H,7-77H2,1-6H3,(H,92,93)(H,94,95)/t78?,79?,80-,81+,82+/m0/s1. The van der Waals surface area contributed by atoms with Crippen LogP contribution in [0, 0.1) is 11.8 Å². The van der Waals surface area contributed by atoms with Gasteiger partial charge in [0.1, 0.15) is 19.3 Å². The fraction of sp³-hybridized carbons (Fsp3) is 0.953. The molecule has 0 aromatic carbocycles. The van der Waals surface area contributed by atoms with Crippen molar-refractivity contribution >= 4 is 39.5 Å². The molecule has 0 bridgehead atoms. The summed E-state index contributed by atoms with van der Waals surface area (Å²) in [6, 6.07) is 0. The second kappa shape index (κ2) is 77.4. The maximum Gasteiger partial charge on any atom is 0.472 e. The van der Waals surface area contributed by atoms with Crippen LogP contribution in [-0.4, -0.2) is 96.7 Å². The molecule has 3 N–H and O–H groups in total. The van der Waals surface area contributed by atoms with Crippen molar-refractivity contribution in [1.29, 1.82) is 0 Å². The lowest BCUT2D eigenvalue weighted by molar-refractivity contribution is -0.161. The van der Waals surface area contributed by atoms with E-state index in [0.717, 1.165) is 102 Å². The number of carbonyl (C=O) groups is 4. The van der Waals surface area contributed by atoms with Gasteiger partial charge in [-0.2, -0.15) is 0 Å². The number of aliphatic hydroxyl groups excluding tert-OH is 1. The highest BCUT2D eigenvalue weighted by molar-refractivity contribution is 7.47. The van der Waals surface area contributed by atoms with Crippen molar-refractivity contribution in [3.63, 3.8) is 0 Å². The first-order valence-corrected chi connectivity index (χ1v) is 47.6. The van der Waals surface area contributed by atoms with Gasteiger partial charge < -0.3 is 33.8 Å². The van der Waals surface area contributed by atoms with E-state index >= 15 is 0 Å². The Morgan fingerprint density at radius 3 is 0.676 bits per heavy atom. The van der Waals surface area contributed by atoms with Crippen LogP contribution < -0.4 is 0 Å². The summed E-state index contributed by atoms with van der Waals surface area (Å²) >= 11 is 0. The minimum absolute atomic E-state index is 0.109. The molecule has 0 aromatic rings. The van der Waals surface area contributed by atoms with E-state index in [1.807, 2.05) is 0 Å². The number of hydrogen-bond donors (Lipinski definition) is 3. The quantitative estimate of drug-likeness (QED) is 0.0222. The maximum absolute atomic E-state index is 13.1. The van der Waals surface area contributed by atoms with E-state index in [4.69, 9.17) is 37.0 Å². The Balaban J connectivity index is 5.22. The third-order valence-corrected chi connectivity index (χ3v) is 22.8. The van der Waals surface area contributed by atoms with E-state index in [-0.39, 0.29) is 25.7 Å². The molecule has 0 radical (unpaired) electrons.